The quantitative estimate of drug-likeness (QED) is 0.187. The van der Waals surface area contributed by atoms with E-state index < -0.39 is 0 Å². The first-order valence-corrected chi connectivity index (χ1v) is 10.0. The van der Waals surface area contributed by atoms with Crippen molar-refractivity contribution in [3.05, 3.63) is 24.8 Å². The molecule has 0 aliphatic carbocycles. The highest BCUT2D eigenvalue weighted by Crippen LogP contribution is 2.14. The predicted molar refractivity (Wildman–Crippen MR) is 103 cm³/mol. The SMILES string of the molecule is C=CC=CCCCCCCCCCCCCCCCC(C)C. The van der Waals surface area contributed by atoms with E-state index >= 15 is 0 Å². The van der Waals surface area contributed by atoms with Gasteiger partial charge in [0.25, 0.3) is 0 Å². The summed E-state index contributed by atoms with van der Waals surface area (Å²) in [4.78, 5) is 0. The van der Waals surface area contributed by atoms with Crippen LogP contribution in [0.1, 0.15) is 110 Å². The summed E-state index contributed by atoms with van der Waals surface area (Å²) in [5.41, 5.74) is 0. The average molecular weight is 307 g/mol. The van der Waals surface area contributed by atoms with Crippen molar-refractivity contribution in [3.8, 4) is 0 Å². The van der Waals surface area contributed by atoms with Crippen LogP contribution in [0, 0.1) is 5.92 Å². The molecule has 0 aromatic heterocycles. The molecule has 0 aromatic carbocycles. The van der Waals surface area contributed by atoms with Crippen LogP contribution in [0.2, 0.25) is 0 Å². The Bertz CT molecular complexity index is 236. The van der Waals surface area contributed by atoms with E-state index in [1.54, 1.807) is 0 Å². The Morgan fingerprint density at radius 3 is 1.45 bits per heavy atom. The van der Waals surface area contributed by atoms with Crippen LogP contribution in [0.5, 0.6) is 0 Å². The highest BCUT2D eigenvalue weighted by atomic mass is 14.0. The summed E-state index contributed by atoms with van der Waals surface area (Å²) >= 11 is 0. The second-order valence-electron chi connectivity index (χ2n) is 7.23. The van der Waals surface area contributed by atoms with Crippen LogP contribution in [-0.4, -0.2) is 0 Å². The minimum atomic E-state index is 0.892. The van der Waals surface area contributed by atoms with Crippen LogP contribution in [0.25, 0.3) is 0 Å². The molecule has 0 bridgehead atoms. The lowest BCUT2D eigenvalue weighted by molar-refractivity contribution is 0.503. The van der Waals surface area contributed by atoms with Gasteiger partial charge in [0.15, 0.2) is 0 Å². The standard InChI is InChI=1S/C22H42/c1-4-5-6-7-8-9-10-11-12-13-14-15-16-17-18-19-20-21-22(2)3/h4-6,22H,1,7-21H2,2-3H3. The number of rotatable bonds is 17. The fourth-order valence-corrected chi connectivity index (χ4v) is 2.95. The molecule has 0 aliphatic heterocycles. The third kappa shape index (κ3) is 19.5. The van der Waals surface area contributed by atoms with Gasteiger partial charge in [0.1, 0.15) is 0 Å². The second kappa shape index (κ2) is 18.5. The molecule has 0 saturated carbocycles. The average Bonchev–Trinajstić information content (AvgIpc) is 2.50. The van der Waals surface area contributed by atoms with E-state index in [-0.39, 0.29) is 0 Å². The van der Waals surface area contributed by atoms with Gasteiger partial charge < -0.3 is 0 Å². The molecule has 0 nitrogen and oxygen atoms in total. The lowest BCUT2D eigenvalue weighted by Gasteiger charge is -2.04. The minimum absolute atomic E-state index is 0.892. The Balaban J connectivity index is 2.99. The fourth-order valence-electron chi connectivity index (χ4n) is 2.95. The zero-order chi connectivity index (χ0) is 16.3. The topological polar surface area (TPSA) is 0 Å². The first-order valence-electron chi connectivity index (χ1n) is 10.0. The lowest BCUT2D eigenvalue weighted by Crippen LogP contribution is -1.87. The van der Waals surface area contributed by atoms with Crippen molar-refractivity contribution in [3.63, 3.8) is 0 Å². The monoisotopic (exact) mass is 306 g/mol. The maximum absolute atomic E-state index is 3.69. The number of unbranched alkanes of at least 4 members (excludes halogenated alkanes) is 13. The third-order valence-corrected chi connectivity index (χ3v) is 4.42. The first-order chi connectivity index (χ1) is 10.8. The van der Waals surface area contributed by atoms with Gasteiger partial charge >= 0.3 is 0 Å². The van der Waals surface area contributed by atoms with E-state index in [0.717, 1.165) is 5.92 Å². The van der Waals surface area contributed by atoms with Crippen molar-refractivity contribution in [1.82, 2.24) is 0 Å². The van der Waals surface area contributed by atoms with Gasteiger partial charge in [-0.3, -0.25) is 0 Å². The molecular formula is C22H42. The van der Waals surface area contributed by atoms with Crippen LogP contribution in [0.15, 0.2) is 24.8 Å². The second-order valence-corrected chi connectivity index (χ2v) is 7.23. The van der Waals surface area contributed by atoms with E-state index in [1.165, 1.54) is 96.3 Å². The molecule has 0 radical (unpaired) electrons. The lowest BCUT2D eigenvalue weighted by atomic mass is 10.0. The Morgan fingerprint density at radius 1 is 0.636 bits per heavy atom. The van der Waals surface area contributed by atoms with Gasteiger partial charge in [-0.25, -0.2) is 0 Å². The molecule has 0 aromatic rings. The summed E-state index contributed by atoms with van der Waals surface area (Å²) in [6.07, 6.45) is 27.6. The largest absolute Gasteiger partial charge is 0.0991 e. The molecule has 0 aliphatic rings. The Labute approximate surface area is 141 Å². The highest BCUT2D eigenvalue weighted by Gasteiger charge is 1.95. The van der Waals surface area contributed by atoms with Crippen molar-refractivity contribution in [1.29, 1.82) is 0 Å². The summed E-state index contributed by atoms with van der Waals surface area (Å²) in [7, 11) is 0. The zero-order valence-corrected chi connectivity index (χ0v) is 15.6. The van der Waals surface area contributed by atoms with Gasteiger partial charge in [0.05, 0.1) is 0 Å². The van der Waals surface area contributed by atoms with E-state index in [2.05, 4.69) is 32.6 Å². The highest BCUT2D eigenvalue weighted by molar-refractivity contribution is 4.96. The van der Waals surface area contributed by atoms with Crippen molar-refractivity contribution >= 4 is 0 Å². The molecular weight excluding hydrogens is 264 g/mol. The molecule has 0 rings (SSSR count). The molecule has 0 heterocycles. The molecule has 22 heavy (non-hydrogen) atoms. The van der Waals surface area contributed by atoms with Gasteiger partial charge in [-0.1, -0.05) is 122 Å². The molecule has 0 atom stereocenters. The van der Waals surface area contributed by atoms with Gasteiger partial charge in [-0.15, -0.1) is 0 Å². The molecule has 0 unspecified atom stereocenters. The Kier molecular flexibility index (Phi) is 18.1. The zero-order valence-electron chi connectivity index (χ0n) is 15.6. The predicted octanol–water partition coefficient (Wildman–Crippen LogP) is 8.24. The van der Waals surface area contributed by atoms with Crippen molar-refractivity contribution < 1.29 is 0 Å². The van der Waals surface area contributed by atoms with Gasteiger partial charge in [-0.05, 0) is 18.8 Å². The summed E-state index contributed by atoms with van der Waals surface area (Å²) in [6, 6.07) is 0. The van der Waals surface area contributed by atoms with Crippen LogP contribution >= 0.6 is 0 Å². The minimum Gasteiger partial charge on any atom is -0.0991 e. The van der Waals surface area contributed by atoms with Crippen LogP contribution < -0.4 is 0 Å². The van der Waals surface area contributed by atoms with Gasteiger partial charge in [0, 0.05) is 0 Å². The molecule has 130 valence electrons. The van der Waals surface area contributed by atoms with E-state index in [4.69, 9.17) is 0 Å². The maximum atomic E-state index is 3.69. The van der Waals surface area contributed by atoms with E-state index in [0.29, 0.717) is 0 Å². The van der Waals surface area contributed by atoms with Crippen LogP contribution in [-0.2, 0) is 0 Å². The molecule has 0 saturated heterocycles. The van der Waals surface area contributed by atoms with Gasteiger partial charge in [0.2, 0.25) is 0 Å². The summed E-state index contributed by atoms with van der Waals surface area (Å²) < 4.78 is 0. The van der Waals surface area contributed by atoms with Crippen LogP contribution in [0.3, 0.4) is 0 Å². The van der Waals surface area contributed by atoms with Crippen molar-refractivity contribution in [2.24, 2.45) is 5.92 Å². The molecule has 0 amide bonds. The summed E-state index contributed by atoms with van der Waals surface area (Å²) in [6.45, 7) is 8.35. The van der Waals surface area contributed by atoms with Crippen LogP contribution in [0.4, 0.5) is 0 Å². The molecule has 0 fully saturated rings. The first kappa shape index (κ1) is 21.5. The number of hydrogen-bond acceptors (Lipinski definition) is 0. The number of allylic oxidation sites excluding steroid dienone is 3. The van der Waals surface area contributed by atoms with Gasteiger partial charge in [-0.2, -0.15) is 0 Å². The Morgan fingerprint density at radius 2 is 1.05 bits per heavy atom. The van der Waals surface area contributed by atoms with Crippen molar-refractivity contribution in [2.75, 3.05) is 0 Å². The van der Waals surface area contributed by atoms with E-state index in [1.807, 2.05) is 6.08 Å². The van der Waals surface area contributed by atoms with Crippen molar-refractivity contribution in [2.45, 2.75) is 110 Å². The summed E-state index contributed by atoms with van der Waals surface area (Å²) in [5, 5.41) is 0. The Hall–Kier alpha value is -0.520. The maximum Gasteiger partial charge on any atom is -0.0348 e. The molecule has 0 N–H and O–H groups in total. The molecule has 0 heteroatoms. The smallest absolute Gasteiger partial charge is 0.0348 e. The summed E-state index contributed by atoms with van der Waals surface area (Å²) in [5.74, 6) is 0.892. The molecule has 0 spiro atoms. The van der Waals surface area contributed by atoms with E-state index in [9.17, 15) is 0 Å². The third-order valence-electron chi connectivity index (χ3n) is 4.42. The number of hydrogen-bond donors (Lipinski definition) is 0. The fraction of sp³-hybridized carbons (Fsp3) is 0.818. The normalized spacial score (nSPS) is 11.6.